The Labute approximate surface area is 188 Å². The summed E-state index contributed by atoms with van der Waals surface area (Å²) in [4.78, 5) is 11.7. The lowest BCUT2D eigenvalue weighted by molar-refractivity contribution is 0.483. The van der Waals surface area contributed by atoms with E-state index in [2.05, 4.69) is 40.3 Å². The van der Waals surface area contributed by atoms with Gasteiger partial charge in [0.25, 0.3) is 0 Å². The van der Waals surface area contributed by atoms with Crippen LogP contribution in [0.25, 0.3) is 38.6 Å². The molecule has 0 atom stereocenters. The van der Waals surface area contributed by atoms with Gasteiger partial charge in [-0.25, -0.2) is 14.5 Å². The van der Waals surface area contributed by atoms with Crippen molar-refractivity contribution in [3.05, 3.63) is 76.9 Å². The first-order valence-corrected chi connectivity index (χ1v) is 11.2. The van der Waals surface area contributed by atoms with Crippen molar-refractivity contribution in [3.8, 4) is 22.7 Å². The molecule has 0 unspecified atom stereocenters. The van der Waals surface area contributed by atoms with Crippen LogP contribution in [0, 0.1) is 20.8 Å². The summed E-state index contributed by atoms with van der Waals surface area (Å²) in [6, 6.07) is 16.3. The maximum atomic E-state index is 6.08. The fraction of sp³-hybridized carbons (Fsp3) is 0.167. The highest BCUT2D eigenvalue weighted by atomic mass is 32.1. The van der Waals surface area contributed by atoms with E-state index < -0.39 is 0 Å². The first-order valence-electron chi connectivity index (χ1n) is 10.4. The molecular formula is C24H20N6OS. The Kier molecular flexibility index (Phi) is 4.22. The highest BCUT2D eigenvalue weighted by Crippen LogP contribution is 2.39. The summed E-state index contributed by atoms with van der Waals surface area (Å²) in [6.07, 6.45) is 1.72. The summed E-state index contributed by atoms with van der Waals surface area (Å²) >= 11 is 1.68. The van der Waals surface area contributed by atoms with Crippen molar-refractivity contribution in [3.63, 3.8) is 0 Å². The summed E-state index contributed by atoms with van der Waals surface area (Å²) in [7, 11) is 0. The van der Waals surface area contributed by atoms with E-state index in [9.17, 15) is 0 Å². The molecule has 6 aromatic rings. The predicted octanol–water partition coefficient (Wildman–Crippen LogP) is 5.44. The second-order valence-corrected chi connectivity index (χ2v) is 9.08. The minimum Gasteiger partial charge on any atom is -0.456 e. The fourth-order valence-corrected chi connectivity index (χ4v) is 5.14. The molecule has 0 aliphatic carbocycles. The number of benzene rings is 1. The molecule has 0 spiro atoms. The first kappa shape index (κ1) is 18.9. The number of fused-ring (bicyclic) bond motifs is 3. The third-order valence-corrected chi connectivity index (χ3v) is 6.57. The van der Waals surface area contributed by atoms with Crippen molar-refractivity contribution in [1.82, 2.24) is 29.4 Å². The molecule has 32 heavy (non-hydrogen) atoms. The predicted molar refractivity (Wildman–Crippen MR) is 125 cm³/mol. The molecule has 0 bridgehead atoms. The van der Waals surface area contributed by atoms with Gasteiger partial charge in [0.1, 0.15) is 16.9 Å². The van der Waals surface area contributed by atoms with Gasteiger partial charge in [0.05, 0.1) is 17.6 Å². The van der Waals surface area contributed by atoms with Crippen molar-refractivity contribution < 1.29 is 4.42 Å². The summed E-state index contributed by atoms with van der Waals surface area (Å²) in [5, 5.41) is 10.2. The van der Waals surface area contributed by atoms with Crippen LogP contribution in [0.3, 0.4) is 0 Å². The molecule has 0 saturated carbocycles. The van der Waals surface area contributed by atoms with Gasteiger partial charge >= 0.3 is 0 Å². The normalized spacial score (nSPS) is 11.7. The maximum Gasteiger partial charge on any atom is 0.217 e. The molecular weight excluding hydrogens is 420 g/mol. The van der Waals surface area contributed by atoms with E-state index in [1.54, 1.807) is 22.2 Å². The lowest BCUT2D eigenvalue weighted by Gasteiger charge is -2.02. The van der Waals surface area contributed by atoms with Crippen molar-refractivity contribution >= 4 is 27.2 Å². The zero-order valence-electron chi connectivity index (χ0n) is 17.9. The second-order valence-electron chi connectivity index (χ2n) is 7.88. The van der Waals surface area contributed by atoms with E-state index in [0.717, 1.165) is 44.1 Å². The standard InChI is InChI=1S/C24H20N6OS/c1-14-11-15(2)29(27-14)12-18-9-10-19(31-18)22-26-23-21-20(17-7-5-4-6-8-17)16(3)32-24(21)25-13-30(23)28-22/h4-11,13H,12H2,1-3H3. The van der Waals surface area contributed by atoms with Crippen LogP contribution in [0.4, 0.5) is 0 Å². The molecule has 0 N–H and O–H groups in total. The highest BCUT2D eigenvalue weighted by Gasteiger charge is 2.19. The molecule has 5 aromatic heterocycles. The number of hydrogen-bond donors (Lipinski definition) is 0. The first-order chi connectivity index (χ1) is 15.6. The smallest absolute Gasteiger partial charge is 0.217 e. The molecule has 7 nitrogen and oxygen atoms in total. The van der Waals surface area contributed by atoms with Crippen LogP contribution in [0.5, 0.6) is 0 Å². The van der Waals surface area contributed by atoms with Crippen LogP contribution in [0.15, 0.2) is 59.3 Å². The Balaban J connectivity index is 1.44. The van der Waals surface area contributed by atoms with Crippen LogP contribution in [0.2, 0.25) is 0 Å². The average Bonchev–Trinajstić information content (AvgIpc) is 3.53. The average molecular weight is 441 g/mol. The third-order valence-electron chi connectivity index (χ3n) is 5.56. The molecule has 0 aliphatic heterocycles. The van der Waals surface area contributed by atoms with Gasteiger partial charge in [0.2, 0.25) is 5.82 Å². The summed E-state index contributed by atoms with van der Waals surface area (Å²) in [6.45, 7) is 6.72. The maximum absolute atomic E-state index is 6.08. The van der Waals surface area contributed by atoms with Gasteiger partial charge in [-0.05, 0) is 44.5 Å². The Morgan fingerprint density at radius 2 is 1.84 bits per heavy atom. The van der Waals surface area contributed by atoms with Gasteiger partial charge in [-0.3, -0.25) is 4.68 Å². The van der Waals surface area contributed by atoms with Gasteiger partial charge in [0, 0.05) is 16.1 Å². The van der Waals surface area contributed by atoms with Crippen molar-refractivity contribution in [1.29, 1.82) is 0 Å². The molecule has 5 heterocycles. The van der Waals surface area contributed by atoms with Crippen LogP contribution < -0.4 is 0 Å². The summed E-state index contributed by atoms with van der Waals surface area (Å²) < 4.78 is 9.75. The number of hydrogen-bond acceptors (Lipinski definition) is 6. The van der Waals surface area contributed by atoms with E-state index in [4.69, 9.17) is 9.40 Å². The van der Waals surface area contributed by atoms with Crippen molar-refractivity contribution in [2.45, 2.75) is 27.3 Å². The van der Waals surface area contributed by atoms with Gasteiger partial charge in [-0.15, -0.1) is 16.4 Å². The van der Waals surface area contributed by atoms with E-state index >= 15 is 0 Å². The molecule has 0 amide bonds. The summed E-state index contributed by atoms with van der Waals surface area (Å²) in [5.74, 6) is 1.98. The number of thiophene rings is 1. The molecule has 6 rings (SSSR count). The summed E-state index contributed by atoms with van der Waals surface area (Å²) in [5.41, 5.74) is 5.19. The van der Waals surface area contributed by atoms with E-state index in [1.807, 2.05) is 48.9 Å². The minimum atomic E-state index is 0.543. The van der Waals surface area contributed by atoms with Crippen molar-refractivity contribution in [2.75, 3.05) is 0 Å². The van der Waals surface area contributed by atoms with Crippen molar-refractivity contribution in [2.24, 2.45) is 0 Å². The van der Waals surface area contributed by atoms with Gasteiger partial charge in [-0.1, -0.05) is 30.3 Å². The SMILES string of the molecule is Cc1cc(C)n(Cc2ccc(-c3nc4c5c(-c6ccccc6)c(C)sc5ncn4n3)o2)n1. The molecule has 8 heteroatoms. The van der Waals surface area contributed by atoms with Gasteiger partial charge in [-0.2, -0.15) is 5.10 Å². The zero-order chi connectivity index (χ0) is 21.8. The Morgan fingerprint density at radius 3 is 2.62 bits per heavy atom. The van der Waals surface area contributed by atoms with Crippen LogP contribution in [0.1, 0.15) is 22.0 Å². The molecule has 0 fully saturated rings. The van der Waals surface area contributed by atoms with Crippen LogP contribution in [-0.2, 0) is 6.54 Å². The number of furan rings is 1. The molecule has 1 aromatic carbocycles. The molecule has 0 aliphatic rings. The number of aromatic nitrogens is 6. The fourth-order valence-electron chi connectivity index (χ4n) is 4.13. The largest absolute Gasteiger partial charge is 0.456 e. The number of aryl methyl sites for hydroxylation is 3. The van der Waals surface area contributed by atoms with Crippen LogP contribution >= 0.6 is 11.3 Å². The highest BCUT2D eigenvalue weighted by molar-refractivity contribution is 7.19. The molecule has 158 valence electrons. The number of nitrogens with zero attached hydrogens (tertiary/aromatic N) is 6. The van der Waals surface area contributed by atoms with Gasteiger partial charge < -0.3 is 4.42 Å². The van der Waals surface area contributed by atoms with Gasteiger partial charge in [0.15, 0.2) is 11.4 Å². The Bertz CT molecular complexity index is 1590. The van der Waals surface area contributed by atoms with E-state index in [0.29, 0.717) is 18.1 Å². The lowest BCUT2D eigenvalue weighted by atomic mass is 10.0. The van der Waals surface area contributed by atoms with E-state index in [-0.39, 0.29) is 0 Å². The second kappa shape index (κ2) is 7.13. The zero-order valence-corrected chi connectivity index (χ0v) is 18.7. The Hall–Kier alpha value is -3.78. The third kappa shape index (κ3) is 3.03. The molecule has 0 saturated heterocycles. The topological polar surface area (TPSA) is 74.0 Å². The minimum absolute atomic E-state index is 0.543. The molecule has 0 radical (unpaired) electrons. The quantitative estimate of drug-likeness (QED) is 0.365. The van der Waals surface area contributed by atoms with Crippen LogP contribution in [-0.4, -0.2) is 29.4 Å². The Morgan fingerprint density at radius 1 is 1.00 bits per heavy atom. The van der Waals surface area contributed by atoms with E-state index in [1.165, 1.54) is 4.88 Å². The lowest BCUT2D eigenvalue weighted by Crippen LogP contribution is -2.02. The monoisotopic (exact) mass is 440 g/mol. The number of rotatable bonds is 4.